The van der Waals surface area contributed by atoms with Crippen molar-refractivity contribution in [3.8, 4) is 0 Å². The molecule has 0 saturated heterocycles. The Morgan fingerprint density at radius 3 is 2.77 bits per heavy atom. The summed E-state index contributed by atoms with van der Waals surface area (Å²) in [6.45, 7) is 0. The number of rotatable bonds is 0. The van der Waals surface area contributed by atoms with Crippen molar-refractivity contribution in [1.29, 1.82) is 0 Å². The van der Waals surface area contributed by atoms with E-state index >= 15 is 0 Å². The molecule has 0 radical (unpaired) electrons. The molecular weight excluding hydrogens is 272 g/mol. The summed E-state index contributed by atoms with van der Waals surface area (Å²) in [5.74, 6) is -0.0258. The second-order valence-corrected chi connectivity index (χ2v) is 5.72. The zero-order valence-electron chi connectivity index (χ0n) is 11.7. The van der Waals surface area contributed by atoms with Gasteiger partial charge in [-0.25, -0.2) is 0 Å². The third-order valence-electron chi connectivity index (χ3n) is 4.62. The number of nitrogens with one attached hydrogen (secondary N) is 1. The van der Waals surface area contributed by atoms with Crippen LogP contribution in [0.2, 0.25) is 0 Å². The van der Waals surface area contributed by atoms with Crippen LogP contribution in [0.15, 0.2) is 71.8 Å². The zero-order chi connectivity index (χ0) is 14.7. The van der Waals surface area contributed by atoms with Crippen molar-refractivity contribution in [2.75, 3.05) is 5.32 Å². The van der Waals surface area contributed by atoms with Gasteiger partial charge in [-0.15, -0.1) is 0 Å². The summed E-state index contributed by atoms with van der Waals surface area (Å²) in [6, 6.07) is 15.9. The third kappa shape index (κ3) is 1.22. The van der Waals surface area contributed by atoms with Gasteiger partial charge in [0, 0.05) is 22.4 Å². The minimum absolute atomic E-state index is 0.0258. The monoisotopic (exact) mass is 284 g/mol. The maximum Gasteiger partial charge on any atom is 0.245 e. The summed E-state index contributed by atoms with van der Waals surface area (Å²) in [7, 11) is 0. The minimum atomic E-state index is -0.806. The maximum absolute atomic E-state index is 12.8. The average Bonchev–Trinajstić information content (AvgIpc) is 3.06. The summed E-state index contributed by atoms with van der Waals surface area (Å²) >= 11 is 0. The number of allylic oxidation sites excluding steroid dienone is 3. The molecule has 1 amide bonds. The van der Waals surface area contributed by atoms with Gasteiger partial charge in [0.05, 0.1) is 11.4 Å². The second kappa shape index (κ2) is 3.83. The van der Waals surface area contributed by atoms with Crippen LogP contribution in [-0.4, -0.2) is 11.6 Å². The Bertz CT molecular complexity index is 936. The molecule has 2 aromatic carbocycles. The lowest BCUT2D eigenvalue weighted by molar-refractivity contribution is -0.117. The van der Waals surface area contributed by atoms with Crippen LogP contribution in [0.4, 0.5) is 11.4 Å². The highest BCUT2D eigenvalue weighted by atomic mass is 16.2. The number of para-hydroxylation sites is 2. The Hall–Kier alpha value is -2.94. The molecule has 0 aromatic heterocycles. The lowest BCUT2D eigenvalue weighted by Gasteiger charge is -2.27. The largest absolute Gasteiger partial charge is 0.324 e. The molecule has 1 spiro atoms. The van der Waals surface area contributed by atoms with Crippen LogP contribution in [0.5, 0.6) is 0 Å². The number of hydrogen-bond acceptors (Lipinski definition) is 2. The maximum atomic E-state index is 12.8. The summed E-state index contributed by atoms with van der Waals surface area (Å²) < 4.78 is 0. The van der Waals surface area contributed by atoms with E-state index in [0.29, 0.717) is 0 Å². The molecule has 2 aromatic rings. The van der Waals surface area contributed by atoms with E-state index in [9.17, 15) is 4.79 Å². The van der Waals surface area contributed by atoms with E-state index in [4.69, 9.17) is 4.99 Å². The molecule has 1 N–H and O–H groups in total. The molecule has 0 bridgehead atoms. The van der Waals surface area contributed by atoms with Gasteiger partial charge in [-0.2, -0.15) is 0 Å². The Morgan fingerprint density at radius 1 is 1.00 bits per heavy atom. The van der Waals surface area contributed by atoms with E-state index in [1.165, 1.54) is 0 Å². The molecule has 1 unspecified atom stereocenters. The van der Waals surface area contributed by atoms with E-state index in [1.54, 1.807) is 0 Å². The van der Waals surface area contributed by atoms with Crippen molar-refractivity contribution in [3.63, 3.8) is 0 Å². The lowest BCUT2D eigenvalue weighted by atomic mass is 9.71. The van der Waals surface area contributed by atoms with Crippen LogP contribution >= 0.6 is 0 Å². The predicted molar refractivity (Wildman–Crippen MR) is 87.4 cm³/mol. The number of benzene rings is 2. The van der Waals surface area contributed by atoms with Crippen molar-refractivity contribution in [3.05, 3.63) is 77.9 Å². The highest BCUT2D eigenvalue weighted by Gasteiger charge is 2.52. The Balaban J connectivity index is 1.81. The molecule has 1 atom stereocenters. The zero-order valence-corrected chi connectivity index (χ0v) is 11.7. The molecular formula is C19H12N2O. The molecule has 22 heavy (non-hydrogen) atoms. The number of carbonyl (C=O) groups is 1. The molecule has 3 aliphatic rings. The van der Waals surface area contributed by atoms with E-state index in [1.807, 2.05) is 60.7 Å². The molecule has 3 heteroatoms. The second-order valence-electron chi connectivity index (χ2n) is 5.72. The van der Waals surface area contributed by atoms with Gasteiger partial charge in [-0.3, -0.25) is 9.79 Å². The fourth-order valence-electron chi connectivity index (χ4n) is 3.62. The molecule has 104 valence electrons. The number of carbonyl (C=O) groups excluding carboxylic acids is 1. The van der Waals surface area contributed by atoms with Gasteiger partial charge in [0.1, 0.15) is 5.41 Å². The van der Waals surface area contributed by atoms with Gasteiger partial charge in [0.15, 0.2) is 0 Å². The van der Waals surface area contributed by atoms with E-state index in [2.05, 4.69) is 11.4 Å². The van der Waals surface area contributed by atoms with Crippen LogP contribution in [0, 0.1) is 0 Å². The summed E-state index contributed by atoms with van der Waals surface area (Å²) in [4.78, 5) is 17.6. The Morgan fingerprint density at radius 2 is 1.82 bits per heavy atom. The smallest absolute Gasteiger partial charge is 0.245 e. The van der Waals surface area contributed by atoms with Crippen molar-refractivity contribution in [2.45, 2.75) is 5.41 Å². The molecule has 0 fully saturated rings. The predicted octanol–water partition coefficient (Wildman–Crippen LogP) is 3.62. The topological polar surface area (TPSA) is 41.5 Å². The van der Waals surface area contributed by atoms with Crippen LogP contribution in [0.25, 0.3) is 5.57 Å². The molecule has 2 heterocycles. The van der Waals surface area contributed by atoms with Gasteiger partial charge >= 0.3 is 0 Å². The summed E-state index contributed by atoms with van der Waals surface area (Å²) in [6.07, 6.45) is 5.98. The highest BCUT2D eigenvalue weighted by Crippen LogP contribution is 2.49. The van der Waals surface area contributed by atoms with Crippen molar-refractivity contribution in [1.82, 2.24) is 0 Å². The number of fused-ring (bicyclic) bond motifs is 6. The molecule has 0 saturated carbocycles. The number of amides is 1. The molecule has 5 rings (SSSR count). The fourth-order valence-corrected chi connectivity index (χ4v) is 3.62. The molecule has 3 nitrogen and oxygen atoms in total. The standard InChI is InChI=1S/C19H12N2O/c22-18-19(14-8-2-4-10-16(14)21-18)11-5-7-13-12-6-1-3-9-15(12)20-17(13)19/h1-11H,(H,21,22). The number of aliphatic imine (C=N–C) groups is 1. The first-order valence-electron chi connectivity index (χ1n) is 7.30. The first kappa shape index (κ1) is 11.7. The SMILES string of the molecule is O=C1Nc2ccccc2C12C=CC=C1C2=Nc2ccccc21. The first-order chi connectivity index (χ1) is 10.8. The van der Waals surface area contributed by atoms with Crippen molar-refractivity contribution in [2.24, 2.45) is 4.99 Å². The summed E-state index contributed by atoms with van der Waals surface area (Å²) in [5, 5.41) is 3.00. The van der Waals surface area contributed by atoms with Crippen LogP contribution in [-0.2, 0) is 10.2 Å². The Labute approximate surface area is 127 Å². The third-order valence-corrected chi connectivity index (χ3v) is 4.62. The van der Waals surface area contributed by atoms with Gasteiger partial charge in [0.25, 0.3) is 0 Å². The quantitative estimate of drug-likeness (QED) is 0.788. The van der Waals surface area contributed by atoms with Crippen LogP contribution < -0.4 is 5.32 Å². The molecule has 2 aliphatic heterocycles. The van der Waals surface area contributed by atoms with Gasteiger partial charge in [0.2, 0.25) is 5.91 Å². The van der Waals surface area contributed by atoms with Gasteiger partial charge in [-0.1, -0.05) is 54.6 Å². The van der Waals surface area contributed by atoms with E-state index in [0.717, 1.165) is 33.8 Å². The van der Waals surface area contributed by atoms with Gasteiger partial charge < -0.3 is 5.32 Å². The lowest BCUT2D eigenvalue weighted by Crippen LogP contribution is -2.41. The number of nitrogens with zero attached hydrogens (tertiary/aromatic N) is 1. The average molecular weight is 284 g/mol. The fraction of sp³-hybridized carbons (Fsp3) is 0.0526. The number of hydrogen-bond donors (Lipinski definition) is 1. The highest BCUT2D eigenvalue weighted by molar-refractivity contribution is 6.42. The molecule has 1 aliphatic carbocycles. The van der Waals surface area contributed by atoms with Crippen molar-refractivity contribution >= 4 is 28.6 Å². The Kier molecular flexibility index (Phi) is 2.03. The first-order valence-corrected chi connectivity index (χ1v) is 7.30. The number of anilines is 1. The summed E-state index contributed by atoms with van der Waals surface area (Å²) in [5.41, 5.74) is 4.95. The van der Waals surface area contributed by atoms with Crippen molar-refractivity contribution < 1.29 is 4.79 Å². The van der Waals surface area contributed by atoms with E-state index < -0.39 is 5.41 Å². The minimum Gasteiger partial charge on any atom is -0.324 e. The van der Waals surface area contributed by atoms with Crippen LogP contribution in [0.1, 0.15) is 11.1 Å². The van der Waals surface area contributed by atoms with Crippen LogP contribution in [0.3, 0.4) is 0 Å². The van der Waals surface area contributed by atoms with E-state index in [-0.39, 0.29) is 5.91 Å². The normalized spacial score (nSPS) is 23.5. The van der Waals surface area contributed by atoms with Gasteiger partial charge in [-0.05, 0) is 12.1 Å².